The zero-order valence-corrected chi connectivity index (χ0v) is 17.5. The van der Waals surface area contributed by atoms with Gasteiger partial charge in [-0.25, -0.2) is 4.79 Å². The molecule has 1 amide bonds. The summed E-state index contributed by atoms with van der Waals surface area (Å²) in [5, 5.41) is 2.72. The Morgan fingerprint density at radius 3 is 2.54 bits per heavy atom. The summed E-state index contributed by atoms with van der Waals surface area (Å²) in [7, 11) is 0. The standard InChI is InChI=1S/C21H23NO4S2/c1-14-7-8-16(11-15(14)2)22-19(23)12-26-20(24)13-25-18-6-4-3-5-17(18)21-27-9-10-28-21/h3-8,11,21H,9-10,12-13H2,1-2H3,(H,22,23). The molecule has 0 aromatic heterocycles. The van der Waals surface area contributed by atoms with Gasteiger partial charge in [0.1, 0.15) is 5.75 Å². The molecule has 0 spiro atoms. The highest BCUT2D eigenvalue weighted by Crippen LogP contribution is 2.48. The van der Waals surface area contributed by atoms with Gasteiger partial charge in [0.15, 0.2) is 13.2 Å². The zero-order chi connectivity index (χ0) is 19.9. The molecule has 7 heteroatoms. The van der Waals surface area contributed by atoms with E-state index >= 15 is 0 Å². The maximum Gasteiger partial charge on any atom is 0.344 e. The Bertz CT molecular complexity index is 850. The molecule has 0 aliphatic carbocycles. The first-order valence-corrected chi connectivity index (χ1v) is 11.1. The minimum Gasteiger partial charge on any atom is -0.482 e. The van der Waals surface area contributed by atoms with Gasteiger partial charge in [-0.3, -0.25) is 4.79 Å². The van der Waals surface area contributed by atoms with E-state index in [0.717, 1.165) is 28.2 Å². The Morgan fingerprint density at radius 2 is 1.79 bits per heavy atom. The van der Waals surface area contributed by atoms with Crippen LogP contribution < -0.4 is 10.1 Å². The van der Waals surface area contributed by atoms with Gasteiger partial charge >= 0.3 is 5.97 Å². The third-order valence-electron chi connectivity index (χ3n) is 4.30. The summed E-state index contributed by atoms with van der Waals surface area (Å²) in [5.41, 5.74) is 3.99. The van der Waals surface area contributed by atoms with Crippen LogP contribution in [0.2, 0.25) is 0 Å². The lowest BCUT2D eigenvalue weighted by molar-refractivity contribution is -0.149. The van der Waals surface area contributed by atoms with Crippen molar-refractivity contribution in [3.8, 4) is 5.75 Å². The van der Waals surface area contributed by atoms with Crippen molar-refractivity contribution in [2.75, 3.05) is 30.0 Å². The van der Waals surface area contributed by atoms with E-state index < -0.39 is 5.97 Å². The molecule has 0 saturated carbocycles. The second-order valence-corrected chi connectivity index (χ2v) is 9.13. The number of aryl methyl sites for hydroxylation is 2. The average Bonchev–Trinajstić information content (AvgIpc) is 3.22. The van der Waals surface area contributed by atoms with Gasteiger partial charge in [-0.05, 0) is 43.2 Å². The van der Waals surface area contributed by atoms with E-state index in [1.807, 2.05) is 79.8 Å². The van der Waals surface area contributed by atoms with Gasteiger partial charge in [-0.2, -0.15) is 0 Å². The maximum absolute atomic E-state index is 12.0. The summed E-state index contributed by atoms with van der Waals surface area (Å²) in [4.78, 5) is 23.9. The van der Waals surface area contributed by atoms with Gasteiger partial charge in [-0.15, -0.1) is 23.5 Å². The molecule has 0 unspecified atom stereocenters. The maximum atomic E-state index is 12.0. The van der Waals surface area contributed by atoms with Crippen molar-refractivity contribution in [1.82, 2.24) is 0 Å². The summed E-state index contributed by atoms with van der Waals surface area (Å²) in [5.74, 6) is 1.96. The summed E-state index contributed by atoms with van der Waals surface area (Å²) < 4.78 is 11.0. The highest BCUT2D eigenvalue weighted by Gasteiger charge is 2.22. The third kappa shape index (κ3) is 5.69. The second-order valence-electron chi connectivity index (χ2n) is 6.41. The Kier molecular flexibility index (Phi) is 7.28. The van der Waals surface area contributed by atoms with Crippen LogP contribution in [0.15, 0.2) is 42.5 Å². The molecular formula is C21H23NO4S2. The molecular weight excluding hydrogens is 394 g/mol. The van der Waals surface area contributed by atoms with E-state index in [2.05, 4.69) is 5.32 Å². The number of amides is 1. The Morgan fingerprint density at radius 1 is 1.04 bits per heavy atom. The minimum atomic E-state index is -0.572. The molecule has 1 N–H and O–H groups in total. The van der Waals surface area contributed by atoms with Gasteiger partial charge in [0.2, 0.25) is 0 Å². The molecule has 0 atom stereocenters. The number of carbonyl (C=O) groups is 2. The van der Waals surface area contributed by atoms with Crippen LogP contribution in [0.25, 0.3) is 0 Å². The number of nitrogens with one attached hydrogen (secondary N) is 1. The predicted octanol–water partition coefficient (Wildman–Crippen LogP) is 4.34. The van der Waals surface area contributed by atoms with Crippen molar-refractivity contribution in [2.24, 2.45) is 0 Å². The first-order valence-electron chi connectivity index (χ1n) is 9.00. The van der Waals surface area contributed by atoms with E-state index in [0.29, 0.717) is 16.0 Å². The monoisotopic (exact) mass is 417 g/mol. The predicted molar refractivity (Wildman–Crippen MR) is 115 cm³/mol. The smallest absolute Gasteiger partial charge is 0.344 e. The van der Waals surface area contributed by atoms with E-state index in [1.54, 1.807) is 0 Å². The minimum absolute atomic E-state index is 0.226. The molecule has 1 saturated heterocycles. The molecule has 1 heterocycles. The Balaban J connectivity index is 1.46. The fraction of sp³-hybridized carbons (Fsp3) is 0.333. The highest BCUT2D eigenvalue weighted by molar-refractivity contribution is 8.19. The van der Waals surface area contributed by atoms with Crippen LogP contribution in [0, 0.1) is 13.8 Å². The molecule has 3 rings (SSSR count). The molecule has 2 aromatic rings. The largest absolute Gasteiger partial charge is 0.482 e. The number of benzene rings is 2. The van der Waals surface area contributed by atoms with Gasteiger partial charge < -0.3 is 14.8 Å². The van der Waals surface area contributed by atoms with Crippen LogP contribution in [0.4, 0.5) is 5.69 Å². The average molecular weight is 418 g/mol. The number of hydrogen-bond acceptors (Lipinski definition) is 6. The normalized spacial score (nSPS) is 13.9. The van der Waals surface area contributed by atoms with E-state index in [1.165, 1.54) is 0 Å². The molecule has 1 aliphatic heterocycles. The van der Waals surface area contributed by atoms with Gasteiger partial charge in [0.05, 0.1) is 4.58 Å². The van der Waals surface area contributed by atoms with Crippen molar-refractivity contribution in [1.29, 1.82) is 0 Å². The van der Waals surface area contributed by atoms with Crippen molar-refractivity contribution in [2.45, 2.75) is 18.4 Å². The van der Waals surface area contributed by atoms with Crippen LogP contribution in [0.5, 0.6) is 5.75 Å². The number of rotatable bonds is 7. The molecule has 2 aromatic carbocycles. The topological polar surface area (TPSA) is 64.6 Å². The molecule has 1 aliphatic rings. The molecule has 28 heavy (non-hydrogen) atoms. The van der Waals surface area contributed by atoms with Crippen LogP contribution >= 0.6 is 23.5 Å². The number of esters is 1. The van der Waals surface area contributed by atoms with Crippen LogP contribution in [-0.4, -0.2) is 36.6 Å². The summed E-state index contributed by atoms with van der Waals surface area (Å²) in [6.45, 7) is 3.41. The summed E-state index contributed by atoms with van der Waals surface area (Å²) in [6.07, 6.45) is 0. The van der Waals surface area contributed by atoms with E-state index in [4.69, 9.17) is 9.47 Å². The second kappa shape index (κ2) is 9.89. The number of carbonyl (C=O) groups excluding carboxylic acids is 2. The van der Waals surface area contributed by atoms with Crippen molar-refractivity contribution < 1.29 is 19.1 Å². The highest BCUT2D eigenvalue weighted by atomic mass is 32.2. The summed E-state index contributed by atoms with van der Waals surface area (Å²) >= 11 is 3.75. The fourth-order valence-electron chi connectivity index (χ4n) is 2.69. The van der Waals surface area contributed by atoms with Gasteiger partial charge in [-0.1, -0.05) is 24.3 Å². The molecule has 0 radical (unpaired) electrons. The zero-order valence-electron chi connectivity index (χ0n) is 15.9. The van der Waals surface area contributed by atoms with E-state index in [-0.39, 0.29) is 19.1 Å². The number of anilines is 1. The van der Waals surface area contributed by atoms with Crippen LogP contribution in [-0.2, 0) is 14.3 Å². The Hall–Kier alpha value is -2.12. The lowest BCUT2D eigenvalue weighted by Gasteiger charge is -2.14. The lowest BCUT2D eigenvalue weighted by atomic mass is 10.1. The summed E-state index contributed by atoms with van der Waals surface area (Å²) in [6, 6.07) is 13.4. The van der Waals surface area contributed by atoms with Crippen molar-refractivity contribution >= 4 is 41.1 Å². The third-order valence-corrected chi connectivity index (χ3v) is 7.36. The molecule has 0 bridgehead atoms. The first kappa shape index (κ1) is 20.6. The quantitative estimate of drug-likeness (QED) is 0.676. The fourth-order valence-corrected chi connectivity index (χ4v) is 5.59. The van der Waals surface area contributed by atoms with E-state index in [9.17, 15) is 9.59 Å². The Labute approximate surface area is 173 Å². The number of para-hydroxylation sites is 1. The molecule has 5 nitrogen and oxygen atoms in total. The number of ether oxygens (including phenoxy) is 2. The van der Waals surface area contributed by atoms with Crippen molar-refractivity contribution in [3.05, 3.63) is 59.2 Å². The van der Waals surface area contributed by atoms with Crippen molar-refractivity contribution in [3.63, 3.8) is 0 Å². The number of thioether (sulfide) groups is 2. The van der Waals surface area contributed by atoms with Crippen LogP contribution in [0.1, 0.15) is 21.3 Å². The number of hydrogen-bond donors (Lipinski definition) is 1. The van der Waals surface area contributed by atoms with Gasteiger partial charge in [0, 0.05) is 22.8 Å². The lowest BCUT2D eigenvalue weighted by Crippen LogP contribution is -2.23. The van der Waals surface area contributed by atoms with Gasteiger partial charge in [0.25, 0.3) is 5.91 Å². The first-order chi connectivity index (χ1) is 13.5. The molecule has 148 valence electrons. The van der Waals surface area contributed by atoms with Crippen LogP contribution in [0.3, 0.4) is 0 Å². The molecule has 1 fully saturated rings. The SMILES string of the molecule is Cc1ccc(NC(=O)COC(=O)COc2ccccc2C2SCCS2)cc1C.